The van der Waals surface area contributed by atoms with Gasteiger partial charge in [0.15, 0.2) is 0 Å². The summed E-state index contributed by atoms with van der Waals surface area (Å²) in [5.74, 6) is 1.22. The molecule has 0 fully saturated rings. The van der Waals surface area contributed by atoms with Crippen LogP contribution in [0.3, 0.4) is 0 Å². The Kier molecular flexibility index (Phi) is 6.20. The van der Waals surface area contributed by atoms with E-state index in [9.17, 15) is 0 Å². The fourth-order valence-electron chi connectivity index (χ4n) is 2.34. The molecule has 0 amide bonds. The summed E-state index contributed by atoms with van der Waals surface area (Å²) in [5, 5.41) is 0. The molecule has 0 aliphatic rings. The minimum atomic E-state index is 0. The van der Waals surface area contributed by atoms with Gasteiger partial charge in [-0.05, 0) is 18.6 Å². The summed E-state index contributed by atoms with van der Waals surface area (Å²) >= 11 is 0. The van der Waals surface area contributed by atoms with Gasteiger partial charge in [-0.3, -0.25) is 0 Å². The zero-order chi connectivity index (χ0) is 12.1. The highest BCUT2D eigenvalue weighted by Gasteiger charge is 2.07. The van der Waals surface area contributed by atoms with Crippen molar-refractivity contribution in [1.82, 2.24) is 9.55 Å². The molecule has 0 radical (unpaired) electrons. The van der Waals surface area contributed by atoms with Crippen molar-refractivity contribution in [3.63, 3.8) is 0 Å². The van der Waals surface area contributed by atoms with Gasteiger partial charge in [-0.15, -0.1) is 12.4 Å². The second-order valence-electron chi connectivity index (χ2n) is 4.58. The lowest BCUT2D eigenvalue weighted by Gasteiger charge is -2.07. The van der Waals surface area contributed by atoms with Crippen molar-refractivity contribution >= 4 is 23.4 Å². The van der Waals surface area contributed by atoms with E-state index in [4.69, 9.17) is 4.98 Å². The minimum Gasteiger partial charge on any atom is -0.328 e. The van der Waals surface area contributed by atoms with Crippen molar-refractivity contribution in [1.29, 1.82) is 0 Å². The van der Waals surface area contributed by atoms with Crippen molar-refractivity contribution in [3.05, 3.63) is 30.1 Å². The summed E-state index contributed by atoms with van der Waals surface area (Å²) in [7, 11) is 0. The summed E-state index contributed by atoms with van der Waals surface area (Å²) in [4.78, 5) is 4.69. The van der Waals surface area contributed by atoms with Crippen molar-refractivity contribution in [2.45, 2.75) is 52.5 Å². The van der Waals surface area contributed by atoms with Crippen LogP contribution < -0.4 is 0 Å². The number of aryl methyl sites for hydroxylation is 2. The quantitative estimate of drug-likeness (QED) is 0.699. The molecular formula is C15H23ClN2. The first-order valence-corrected chi connectivity index (χ1v) is 6.81. The highest BCUT2D eigenvalue weighted by atomic mass is 35.5. The fourth-order valence-corrected chi connectivity index (χ4v) is 2.34. The molecule has 3 heteroatoms. The number of aromatic nitrogens is 2. The molecule has 0 N–H and O–H groups in total. The molecule has 0 unspecified atom stereocenters. The maximum Gasteiger partial charge on any atom is 0.109 e. The average Bonchev–Trinajstić information content (AvgIpc) is 2.73. The molecular weight excluding hydrogens is 244 g/mol. The Balaban J connectivity index is 0.00000162. The van der Waals surface area contributed by atoms with Crippen LogP contribution in [0.5, 0.6) is 0 Å². The lowest BCUT2D eigenvalue weighted by Crippen LogP contribution is -2.03. The molecule has 0 spiro atoms. The number of fused-ring (bicyclic) bond motifs is 1. The number of para-hydroxylation sites is 2. The Bertz CT molecular complexity index is 476. The molecule has 2 rings (SSSR count). The molecule has 18 heavy (non-hydrogen) atoms. The number of imidazole rings is 1. The van der Waals surface area contributed by atoms with E-state index in [1.54, 1.807) is 0 Å². The van der Waals surface area contributed by atoms with Crippen molar-refractivity contribution in [3.8, 4) is 0 Å². The molecule has 2 nitrogen and oxygen atoms in total. The number of rotatable bonds is 6. The highest BCUT2D eigenvalue weighted by molar-refractivity contribution is 5.85. The van der Waals surface area contributed by atoms with E-state index in [2.05, 4.69) is 42.7 Å². The van der Waals surface area contributed by atoms with E-state index >= 15 is 0 Å². The normalized spacial score (nSPS) is 10.6. The first-order chi connectivity index (χ1) is 8.36. The standard InChI is InChI=1S/C15H22N2.ClH/c1-3-5-6-9-12-17-14-11-8-7-10-13(14)16-15(17)4-2;/h7-8,10-11H,3-6,9,12H2,1-2H3;1H. The van der Waals surface area contributed by atoms with Crippen LogP contribution in [0.15, 0.2) is 24.3 Å². The third-order valence-corrected chi connectivity index (χ3v) is 3.29. The number of halogens is 1. The van der Waals surface area contributed by atoms with Crippen LogP contribution in [0, 0.1) is 0 Å². The zero-order valence-corrected chi connectivity index (χ0v) is 12.2. The lowest BCUT2D eigenvalue weighted by molar-refractivity contribution is 0.576. The molecule has 0 aliphatic heterocycles. The molecule has 1 aromatic carbocycles. The Morgan fingerprint density at radius 2 is 1.83 bits per heavy atom. The van der Waals surface area contributed by atoms with Gasteiger partial charge in [0.25, 0.3) is 0 Å². The molecule has 2 aromatic rings. The molecule has 0 saturated heterocycles. The van der Waals surface area contributed by atoms with E-state index in [0.29, 0.717) is 0 Å². The van der Waals surface area contributed by atoms with Gasteiger partial charge in [0.2, 0.25) is 0 Å². The van der Waals surface area contributed by atoms with Crippen LogP contribution in [0.25, 0.3) is 11.0 Å². The van der Waals surface area contributed by atoms with Crippen molar-refractivity contribution in [2.75, 3.05) is 0 Å². The topological polar surface area (TPSA) is 17.8 Å². The smallest absolute Gasteiger partial charge is 0.109 e. The first-order valence-electron chi connectivity index (χ1n) is 6.81. The largest absolute Gasteiger partial charge is 0.328 e. The van der Waals surface area contributed by atoms with Gasteiger partial charge < -0.3 is 4.57 Å². The van der Waals surface area contributed by atoms with Gasteiger partial charge in [0.05, 0.1) is 11.0 Å². The number of unbranched alkanes of at least 4 members (excludes halogenated alkanes) is 3. The fraction of sp³-hybridized carbons (Fsp3) is 0.533. The molecule has 0 bridgehead atoms. The summed E-state index contributed by atoms with van der Waals surface area (Å²) in [6.45, 7) is 5.55. The zero-order valence-electron chi connectivity index (χ0n) is 11.4. The van der Waals surface area contributed by atoms with E-state index in [0.717, 1.165) is 18.5 Å². The van der Waals surface area contributed by atoms with E-state index < -0.39 is 0 Å². The number of hydrogen-bond donors (Lipinski definition) is 0. The van der Waals surface area contributed by atoms with Crippen LogP contribution >= 0.6 is 12.4 Å². The Morgan fingerprint density at radius 3 is 2.56 bits per heavy atom. The maximum atomic E-state index is 4.69. The second-order valence-corrected chi connectivity index (χ2v) is 4.58. The van der Waals surface area contributed by atoms with Crippen LogP contribution in [0.1, 0.15) is 45.4 Å². The monoisotopic (exact) mass is 266 g/mol. The van der Waals surface area contributed by atoms with E-state index in [-0.39, 0.29) is 12.4 Å². The molecule has 0 atom stereocenters. The van der Waals surface area contributed by atoms with E-state index in [1.807, 2.05) is 0 Å². The molecule has 0 aliphatic carbocycles. The van der Waals surface area contributed by atoms with Gasteiger partial charge in [-0.2, -0.15) is 0 Å². The lowest BCUT2D eigenvalue weighted by atomic mass is 10.2. The van der Waals surface area contributed by atoms with Gasteiger partial charge in [0, 0.05) is 13.0 Å². The number of hydrogen-bond acceptors (Lipinski definition) is 1. The van der Waals surface area contributed by atoms with Crippen molar-refractivity contribution in [2.24, 2.45) is 0 Å². The minimum absolute atomic E-state index is 0. The van der Waals surface area contributed by atoms with Crippen LogP contribution in [-0.4, -0.2) is 9.55 Å². The van der Waals surface area contributed by atoms with Crippen LogP contribution in [0.2, 0.25) is 0 Å². The summed E-state index contributed by atoms with van der Waals surface area (Å²) < 4.78 is 2.39. The Labute approximate surface area is 116 Å². The summed E-state index contributed by atoms with van der Waals surface area (Å²) in [5.41, 5.74) is 2.43. The second kappa shape index (κ2) is 7.42. The highest BCUT2D eigenvalue weighted by Crippen LogP contribution is 2.17. The summed E-state index contributed by atoms with van der Waals surface area (Å²) in [6, 6.07) is 8.46. The number of benzene rings is 1. The van der Waals surface area contributed by atoms with Gasteiger partial charge in [0.1, 0.15) is 5.82 Å². The predicted molar refractivity (Wildman–Crippen MR) is 80.5 cm³/mol. The third-order valence-electron chi connectivity index (χ3n) is 3.29. The van der Waals surface area contributed by atoms with Gasteiger partial charge >= 0.3 is 0 Å². The first kappa shape index (κ1) is 15.0. The summed E-state index contributed by atoms with van der Waals surface area (Å²) in [6.07, 6.45) is 6.25. The Morgan fingerprint density at radius 1 is 1.06 bits per heavy atom. The van der Waals surface area contributed by atoms with Gasteiger partial charge in [-0.1, -0.05) is 45.2 Å². The Hall–Kier alpha value is -1.02. The van der Waals surface area contributed by atoms with Crippen molar-refractivity contribution < 1.29 is 0 Å². The van der Waals surface area contributed by atoms with Crippen LogP contribution in [-0.2, 0) is 13.0 Å². The predicted octanol–water partition coefficient (Wildman–Crippen LogP) is 4.60. The average molecular weight is 267 g/mol. The van der Waals surface area contributed by atoms with Crippen LogP contribution in [0.4, 0.5) is 0 Å². The molecule has 1 aromatic heterocycles. The maximum absolute atomic E-state index is 4.69. The molecule has 1 heterocycles. The molecule has 0 saturated carbocycles. The third kappa shape index (κ3) is 3.26. The van der Waals surface area contributed by atoms with E-state index in [1.165, 1.54) is 37.0 Å². The number of nitrogens with zero attached hydrogens (tertiary/aromatic N) is 2. The molecule has 100 valence electrons. The van der Waals surface area contributed by atoms with Gasteiger partial charge in [-0.25, -0.2) is 4.98 Å². The SMILES string of the molecule is CCCCCCn1c(CC)nc2ccccc21.Cl.